The highest BCUT2D eigenvalue weighted by atomic mass is 127. The van der Waals surface area contributed by atoms with Gasteiger partial charge in [0.2, 0.25) is 5.88 Å². The first-order chi connectivity index (χ1) is 13.7. The highest BCUT2D eigenvalue weighted by molar-refractivity contribution is 14.0. The maximum atomic E-state index is 6.16. The molecule has 0 amide bonds. The number of benzene rings is 1. The molecule has 1 aliphatic heterocycles. The van der Waals surface area contributed by atoms with Crippen LogP contribution in [0.3, 0.4) is 0 Å². The molecule has 29 heavy (non-hydrogen) atoms. The van der Waals surface area contributed by atoms with E-state index in [0.29, 0.717) is 31.5 Å². The molecule has 0 radical (unpaired) electrons. The molecule has 0 saturated carbocycles. The van der Waals surface area contributed by atoms with Crippen LogP contribution in [0.4, 0.5) is 0 Å². The third-order valence-corrected chi connectivity index (χ3v) is 4.56. The number of methoxy groups -OCH3 is 1. The Morgan fingerprint density at radius 2 is 2.03 bits per heavy atom. The van der Waals surface area contributed by atoms with Crippen LogP contribution in [0.2, 0.25) is 0 Å². The maximum Gasteiger partial charge on any atom is 0.218 e. The molecule has 2 heterocycles. The van der Waals surface area contributed by atoms with Crippen LogP contribution in [0, 0.1) is 6.92 Å². The number of aryl methyl sites for hydroxylation is 1. The van der Waals surface area contributed by atoms with E-state index in [4.69, 9.17) is 14.2 Å². The smallest absolute Gasteiger partial charge is 0.218 e. The molecule has 2 N–H and O–H groups in total. The molecule has 7 nitrogen and oxygen atoms in total. The number of pyridine rings is 1. The summed E-state index contributed by atoms with van der Waals surface area (Å²) < 4.78 is 16.9. The Hall–Kier alpha value is -2.07. The molecule has 1 saturated heterocycles. The van der Waals surface area contributed by atoms with E-state index in [1.165, 1.54) is 5.56 Å². The lowest BCUT2D eigenvalue weighted by atomic mass is 10.1. The number of aromatic nitrogens is 1. The molecular weight excluding hydrogens is 483 g/mol. The second-order valence-electron chi connectivity index (χ2n) is 6.67. The fourth-order valence-electron chi connectivity index (χ4n) is 3.02. The first kappa shape index (κ1) is 23.2. The van der Waals surface area contributed by atoms with Crippen molar-refractivity contribution in [1.29, 1.82) is 0 Å². The van der Waals surface area contributed by atoms with Gasteiger partial charge in [0, 0.05) is 43.9 Å². The Bertz CT molecular complexity index is 810. The van der Waals surface area contributed by atoms with Crippen molar-refractivity contribution in [2.75, 3.05) is 27.4 Å². The lowest BCUT2D eigenvalue weighted by Gasteiger charge is -2.18. The van der Waals surface area contributed by atoms with Gasteiger partial charge in [0.25, 0.3) is 0 Å². The maximum absolute atomic E-state index is 6.16. The Kier molecular flexibility index (Phi) is 9.46. The Balaban J connectivity index is 0.00000300. The van der Waals surface area contributed by atoms with Gasteiger partial charge in [-0.3, -0.25) is 4.99 Å². The van der Waals surface area contributed by atoms with Gasteiger partial charge in [-0.05, 0) is 24.6 Å². The van der Waals surface area contributed by atoms with E-state index in [-0.39, 0.29) is 30.1 Å². The largest absolute Gasteiger partial charge is 0.488 e. The molecule has 2 aromatic rings. The number of nitrogens with zero attached hydrogens (tertiary/aromatic N) is 2. The number of hydrogen-bond acceptors (Lipinski definition) is 5. The summed E-state index contributed by atoms with van der Waals surface area (Å²) in [5.74, 6) is 2.20. The second kappa shape index (κ2) is 11.8. The Morgan fingerprint density at radius 3 is 2.72 bits per heavy atom. The van der Waals surface area contributed by atoms with Crippen LogP contribution in [0.5, 0.6) is 11.6 Å². The molecule has 1 unspecified atom stereocenters. The van der Waals surface area contributed by atoms with Crippen molar-refractivity contribution in [3.05, 3.63) is 53.2 Å². The molecule has 1 aromatic carbocycles. The van der Waals surface area contributed by atoms with Crippen LogP contribution in [0.15, 0.2) is 41.5 Å². The van der Waals surface area contributed by atoms with E-state index in [1.54, 1.807) is 20.4 Å². The van der Waals surface area contributed by atoms with Gasteiger partial charge in [0.1, 0.15) is 11.9 Å². The quantitative estimate of drug-likeness (QED) is 0.338. The summed E-state index contributed by atoms with van der Waals surface area (Å²) in [7, 11) is 3.37. The summed E-state index contributed by atoms with van der Waals surface area (Å²) >= 11 is 0. The molecule has 8 heteroatoms. The number of nitrogens with one attached hydrogen (secondary N) is 2. The zero-order valence-corrected chi connectivity index (χ0v) is 19.4. The SMILES string of the molecule is CN=C(NCc1ccc(C)cc1OC1CCOC1)NCc1cccnc1OC.I. The van der Waals surface area contributed by atoms with E-state index in [1.807, 2.05) is 12.1 Å². The number of rotatable bonds is 7. The zero-order valence-electron chi connectivity index (χ0n) is 17.1. The summed E-state index contributed by atoms with van der Waals surface area (Å²) in [4.78, 5) is 8.51. The summed E-state index contributed by atoms with van der Waals surface area (Å²) in [6.45, 7) is 4.65. The minimum Gasteiger partial charge on any atom is -0.488 e. The monoisotopic (exact) mass is 512 g/mol. The molecule has 0 aliphatic carbocycles. The third-order valence-electron chi connectivity index (χ3n) is 4.56. The van der Waals surface area contributed by atoms with Crippen molar-refractivity contribution >= 4 is 29.9 Å². The minimum absolute atomic E-state index is 0. The highest BCUT2D eigenvalue weighted by Gasteiger charge is 2.18. The van der Waals surface area contributed by atoms with E-state index < -0.39 is 0 Å². The van der Waals surface area contributed by atoms with Gasteiger partial charge in [-0.15, -0.1) is 24.0 Å². The summed E-state index contributed by atoms with van der Waals surface area (Å²) in [5.41, 5.74) is 3.22. The van der Waals surface area contributed by atoms with Gasteiger partial charge in [0.15, 0.2) is 5.96 Å². The van der Waals surface area contributed by atoms with Crippen LogP contribution >= 0.6 is 24.0 Å². The number of aliphatic imine (C=N–C) groups is 1. The first-order valence-corrected chi connectivity index (χ1v) is 9.46. The normalized spacial score (nSPS) is 16.1. The van der Waals surface area contributed by atoms with Crippen molar-refractivity contribution in [1.82, 2.24) is 15.6 Å². The number of guanidine groups is 1. The predicted octanol–water partition coefficient (Wildman–Crippen LogP) is 3.05. The first-order valence-electron chi connectivity index (χ1n) is 9.46. The van der Waals surface area contributed by atoms with Crippen LogP contribution in [-0.4, -0.2) is 44.4 Å². The number of hydrogen-bond donors (Lipinski definition) is 2. The topological polar surface area (TPSA) is 77.0 Å². The molecule has 0 spiro atoms. The lowest BCUT2D eigenvalue weighted by molar-refractivity contribution is 0.140. The van der Waals surface area contributed by atoms with Crippen molar-refractivity contribution in [2.24, 2.45) is 4.99 Å². The number of halogens is 1. The van der Waals surface area contributed by atoms with Crippen LogP contribution in [-0.2, 0) is 17.8 Å². The van der Waals surface area contributed by atoms with Gasteiger partial charge in [-0.1, -0.05) is 18.2 Å². The van der Waals surface area contributed by atoms with Gasteiger partial charge < -0.3 is 24.8 Å². The second-order valence-corrected chi connectivity index (χ2v) is 6.67. The molecule has 0 bridgehead atoms. The molecule has 1 aliphatic rings. The summed E-state index contributed by atoms with van der Waals surface area (Å²) in [6.07, 6.45) is 2.76. The van der Waals surface area contributed by atoms with E-state index in [9.17, 15) is 0 Å². The standard InChI is InChI=1S/C21H28N4O3.HI/c1-15-6-7-16(19(11-15)28-18-8-10-27-14-18)12-24-21(22-2)25-13-17-5-4-9-23-20(17)26-3;/h4-7,9,11,18H,8,10,12-14H2,1-3H3,(H2,22,24,25);1H. The Labute approximate surface area is 189 Å². The van der Waals surface area contributed by atoms with Crippen molar-refractivity contribution in [3.8, 4) is 11.6 Å². The van der Waals surface area contributed by atoms with Crippen LogP contribution in [0.25, 0.3) is 0 Å². The Morgan fingerprint density at radius 1 is 1.24 bits per heavy atom. The zero-order chi connectivity index (χ0) is 19.8. The highest BCUT2D eigenvalue weighted by Crippen LogP contribution is 2.23. The predicted molar refractivity (Wildman–Crippen MR) is 124 cm³/mol. The molecule has 1 aromatic heterocycles. The fraction of sp³-hybridized carbons (Fsp3) is 0.429. The third kappa shape index (κ3) is 6.74. The van der Waals surface area contributed by atoms with Gasteiger partial charge in [-0.2, -0.15) is 0 Å². The molecule has 158 valence electrons. The van der Waals surface area contributed by atoms with E-state index in [2.05, 4.69) is 45.7 Å². The van der Waals surface area contributed by atoms with Gasteiger partial charge in [-0.25, -0.2) is 4.98 Å². The van der Waals surface area contributed by atoms with Gasteiger partial charge >= 0.3 is 0 Å². The van der Waals surface area contributed by atoms with E-state index >= 15 is 0 Å². The lowest BCUT2D eigenvalue weighted by Crippen LogP contribution is -2.36. The average Bonchev–Trinajstić information content (AvgIpc) is 3.22. The molecule has 1 fully saturated rings. The van der Waals surface area contributed by atoms with E-state index in [0.717, 1.165) is 29.9 Å². The average molecular weight is 512 g/mol. The van der Waals surface area contributed by atoms with Gasteiger partial charge in [0.05, 0.1) is 20.3 Å². The number of ether oxygens (including phenoxy) is 3. The minimum atomic E-state index is 0. The molecule has 1 atom stereocenters. The fourth-order valence-corrected chi connectivity index (χ4v) is 3.02. The summed E-state index contributed by atoms with van der Waals surface area (Å²) in [6, 6.07) is 10.1. The van der Waals surface area contributed by atoms with Crippen molar-refractivity contribution in [3.63, 3.8) is 0 Å². The summed E-state index contributed by atoms with van der Waals surface area (Å²) in [5, 5.41) is 6.64. The van der Waals surface area contributed by atoms with Crippen LogP contribution in [0.1, 0.15) is 23.1 Å². The van der Waals surface area contributed by atoms with Crippen molar-refractivity contribution in [2.45, 2.75) is 32.5 Å². The molecule has 3 rings (SSSR count). The van der Waals surface area contributed by atoms with Crippen molar-refractivity contribution < 1.29 is 14.2 Å². The van der Waals surface area contributed by atoms with Crippen LogP contribution < -0.4 is 20.1 Å². The molecular formula is C21H29IN4O3.